The molecular formula is C7H11BrO2. The smallest absolute Gasteiger partial charge is 0.316 e. The van der Waals surface area contributed by atoms with Gasteiger partial charge in [0.1, 0.15) is 5.33 Å². The molecule has 0 rings (SSSR count). The maximum absolute atomic E-state index is 10.5. The van der Waals surface area contributed by atoms with Crippen molar-refractivity contribution in [2.24, 2.45) is 0 Å². The van der Waals surface area contributed by atoms with Crippen molar-refractivity contribution in [3.63, 3.8) is 0 Å². The van der Waals surface area contributed by atoms with Crippen molar-refractivity contribution in [1.29, 1.82) is 0 Å². The van der Waals surface area contributed by atoms with Crippen LogP contribution in [0.3, 0.4) is 0 Å². The van der Waals surface area contributed by atoms with Crippen LogP contribution in [-0.2, 0) is 9.53 Å². The maximum atomic E-state index is 10.5. The van der Waals surface area contributed by atoms with Gasteiger partial charge < -0.3 is 4.74 Å². The zero-order valence-corrected chi connectivity index (χ0v) is 7.61. The first-order valence-corrected chi connectivity index (χ1v) is 4.15. The second kappa shape index (κ2) is 5.47. The quantitative estimate of drug-likeness (QED) is 0.399. The van der Waals surface area contributed by atoms with Gasteiger partial charge in [-0.25, -0.2) is 0 Å². The van der Waals surface area contributed by atoms with Crippen LogP contribution in [0.4, 0.5) is 0 Å². The molecule has 0 aliphatic carbocycles. The largest absolute Gasteiger partial charge is 0.465 e. The Bertz CT molecular complexity index is 132. The molecule has 0 N–H and O–H groups in total. The molecule has 0 aliphatic rings. The minimum Gasteiger partial charge on any atom is -0.465 e. The molecule has 2 nitrogen and oxygen atoms in total. The molecule has 0 bridgehead atoms. The van der Waals surface area contributed by atoms with Crippen LogP contribution >= 0.6 is 15.9 Å². The van der Waals surface area contributed by atoms with Gasteiger partial charge in [-0.1, -0.05) is 21.5 Å². The van der Waals surface area contributed by atoms with Crippen molar-refractivity contribution in [2.75, 3.05) is 11.9 Å². The van der Waals surface area contributed by atoms with Crippen molar-refractivity contribution in [3.8, 4) is 0 Å². The van der Waals surface area contributed by atoms with E-state index in [1.54, 1.807) is 0 Å². The van der Waals surface area contributed by atoms with E-state index < -0.39 is 0 Å². The van der Waals surface area contributed by atoms with E-state index in [9.17, 15) is 4.79 Å². The molecule has 0 unspecified atom stereocenters. The van der Waals surface area contributed by atoms with E-state index in [4.69, 9.17) is 4.74 Å². The highest BCUT2D eigenvalue weighted by Gasteiger charge is 1.97. The van der Waals surface area contributed by atoms with Crippen molar-refractivity contribution in [1.82, 2.24) is 0 Å². The van der Waals surface area contributed by atoms with Gasteiger partial charge >= 0.3 is 5.97 Å². The van der Waals surface area contributed by atoms with Crippen LogP contribution in [0.15, 0.2) is 12.2 Å². The van der Waals surface area contributed by atoms with E-state index in [1.165, 1.54) is 0 Å². The number of alkyl halides is 1. The fourth-order valence-electron chi connectivity index (χ4n) is 0.378. The SMILES string of the molecule is C=C(C)CCOC(=O)CBr. The predicted octanol–water partition coefficient (Wildman–Crippen LogP) is 1.89. The Morgan fingerprint density at radius 1 is 1.70 bits per heavy atom. The van der Waals surface area contributed by atoms with E-state index >= 15 is 0 Å². The van der Waals surface area contributed by atoms with Gasteiger partial charge in [0.05, 0.1) is 6.61 Å². The summed E-state index contributed by atoms with van der Waals surface area (Å²) in [5, 5.41) is 0.267. The van der Waals surface area contributed by atoms with Gasteiger partial charge in [0, 0.05) is 6.42 Å². The van der Waals surface area contributed by atoms with Crippen LogP contribution in [0.2, 0.25) is 0 Å². The predicted molar refractivity (Wildman–Crippen MR) is 44.2 cm³/mol. The van der Waals surface area contributed by atoms with Gasteiger partial charge in [0.15, 0.2) is 0 Å². The summed E-state index contributed by atoms with van der Waals surface area (Å²) in [6, 6.07) is 0. The van der Waals surface area contributed by atoms with Gasteiger partial charge in [0.2, 0.25) is 0 Å². The molecule has 0 aromatic rings. The first-order chi connectivity index (χ1) is 4.66. The second-order valence-electron chi connectivity index (χ2n) is 2.06. The first-order valence-electron chi connectivity index (χ1n) is 3.02. The highest BCUT2D eigenvalue weighted by molar-refractivity contribution is 9.09. The fourth-order valence-corrected chi connectivity index (χ4v) is 0.540. The molecule has 0 radical (unpaired) electrons. The lowest BCUT2D eigenvalue weighted by atomic mass is 10.3. The Balaban J connectivity index is 3.20. The summed E-state index contributed by atoms with van der Waals surface area (Å²) >= 11 is 2.99. The summed E-state index contributed by atoms with van der Waals surface area (Å²) in [6.45, 7) is 6.02. The third kappa shape index (κ3) is 5.82. The number of halogens is 1. The zero-order chi connectivity index (χ0) is 7.98. The molecule has 0 saturated carbocycles. The lowest BCUT2D eigenvalue weighted by molar-refractivity contribution is -0.140. The monoisotopic (exact) mass is 206 g/mol. The number of carbonyl (C=O) groups is 1. The molecule has 0 atom stereocenters. The van der Waals surface area contributed by atoms with Gasteiger partial charge in [-0.15, -0.1) is 6.58 Å². The molecule has 3 heteroatoms. The Kier molecular flexibility index (Phi) is 5.30. The normalized spacial score (nSPS) is 9.00. The summed E-state index contributed by atoms with van der Waals surface area (Å²) in [5.41, 5.74) is 1.03. The minimum atomic E-state index is -0.221. The molecule has 0 spiro atoms. The van der Waals surface area contributed by atoms with Crippen LogP contribution in [0.1, 0.15) is 13.3 Å². The average molecular weight is 207 g/mol. The Morgan fingerprint density at radius 2 is 2.30 bits per heavy atom. The van der Waals surface area contributed by atoms with Crippen molar-refractivity contribution < 1.29 is 9.53 Å². The molecule has 0 saturated heterocycles. The van der Waals surface area contributed by atoms with Crippen molar-refractivity contribution in [2.45, 2.75) is 13.3 Å². The number of ether oxygens (including phenoxy) is 1. The van der Waals surface area contributed by atoms with Crippen LogP contribution in [-0.4, -0.2) is 17.9 Å². The van der Waals surface area contributed by atoms with Crippen LogP contribution in [0.25, 0.3) is 0 Å². The van der Waals surface area contributed by atoms with E-state index in [1.807, 2.05) is 6.92 Å². The number of hydrogen-bond acceptors (Lipinski definition) is 2. The molecule has 10 heavy (non-hydrogen) atoms. The van der Waals surface area contributed by atoms with Crippen LogP contribution in [0, 0.1) is 0 Å². The topological polar surface area (TPSA) is 26.3 Å². The Morgan fingerprint density at radius 3 is 2.70 bits per heavy atom. The fraction of sp³-hybridized carbons (Fsp3) is 0.571. The van der Waals surface area contributed by atoms with Crippen molar-refractivity contribution in [3.05, 3.63) is 12.2 Å². The molecule has 0 amide bonds. The summed E-state index contributed by atoms with van der Waals surface area (Å²) in [4.78, 5) is 10.5. The molecular weight excluding hydrogens is 196 g/mol. The molecule has 58 valence electrons. The lowest BCUT2D eigenvalue weighted by Gasteiger charge is -2.00. The highest BCUT2D eigenvalue weighted by atomic mass is 79.9. The second-order valence-corrected chi connectivity index (χ2v) is 2.62. The highest BCUT2D eigenvalue weighted by Crippen LogP contribution is 1.96. The zero-order valence-electron chi connectivity index (χ0n) is 6.02. The van der Waals surface area contributed by atoms with E-state index in [-0.39, 0.29) is 11.3 Å². The summed E-state index contributed by atoms with van der Waals surface area (Å²) in [6.07, 6.45) is 0.749. The number of hydrogen-bond donors (Lipinski definition) is 0. The molecule has 0 heterocycles. The van der Waals surface area contributed by atoms with Gasteiger partial charge in [-0.05, 0) is 6.92 Å². The molecule has 0 aliphatic heterocycles. The molecule has 0 aromatic carbocycles. The van der Waals surface area contributed by atoms with Gasteiger partial charge in [0.25, 0.3) is 0 Å². The lowest BCUT2D eigenvalue weighted by Crippen LogP contribution is -2.06. The summed E-state index contributed by atoms with van der Waals surface area (Å²) in [7, 11) is 0. The van der Waals surface area contributed by atoms with Gasteiger partial charge in [-0.3, -0.25) is 4.79 Å². The molecule has 0 aromatic heterocycles. The Labute approximate surface area is 69.4 Å². The van der Waals surface area contributed by atoms with Crippen LogP contribution in [0.5, 0.6) is 0 Å². The third-order valence-electron chi connectivity index (χ3n) is 0.901. The van der Waals surface area contributed by atoms with E-state index in [0.29, 0.717) is 6.61 Å². The Hall–Kier alpha value is -0.310. The number of rotatable bonds is 4. The average Bonchev–Trinajstić information content (AvgIpc) is 1.87. The third-order valence-corrected chi connectivity index (χ3v) is 1.36. The standard InChI is InChI=1S/C7H11BrO2/c1-6(2)3-4-10-7(9)5-8/h1,3-5H2,2H3. The maximum Gasteiger partial charge on any atom is 0.316 e. The summed E-state index contributed by atoms with van der Waals surface area (Å²) < 4.78 is 4.76. The molecule has 0 fully saturated rings. The number of carbonyl (C=O) groups excluding carboxylic acids is 1. The first kappa shape index (κ1) is 9.69. The summed E-state index contributed by atoms with van der Waals surface area (Å²) in [5.74, 6) is -0.221. The van der Waals surface area contributed by atoms with Gasteiger partial charge in [-0.2, -0.15) is 0 Å². The van der Waals surface area contributed by atoms with E-state index in [2.05, 4.69) is 22.5 Å². The van der Waals surface area contributed by atoms with E-state index in [0.717, 1.165) is 12.0 Å². The minimum absolute atomic E-state index is 0.221. The number of esters is 1. The van der Waals surface area contributed by atoms with Crippen molar-refractivity contribution >= 4 is 21.9 Å². The van der Waals surface area contributed by atoms with Crippen LogP contribution < -0.4 is 0 Å².